The number of methoxy groups -OCH3 is 1. The van der Waals surface area contributed by atoms with E-state index in [1.165, 1.54) is 38.5 Å². The van der Waals surface area contributed by atoms with Gasteiger partial charge in [0.05, 0.1) is 46.2 Å². The predicted octanol–water partition coefficient (Wildman–Crippen LogP) is 6.55. The van der Waals surface area contributed by atoms with E-state index in [9.17, 15) is 14.4 Å². The number of carbonyl (C=O) groups is 3. The summed E-state index contributed by atoms with van der Waals surface area (Å²) in [6, 6.07) is 9.92. The Morgan fingerprint density at radius 2 is 1.45 bits per heavy atom. The molecule has 0 spiro atoms. The number of ether oxygens (including phenoxy) is 7. The number of carbonyl (C=O) groups excluding carboxylic acids is 3. The number of hydrogen-bond acceptors (Lipinski definition) is 10. The van der Waals surface area contributed by atoms with Crippen LogP contribution in [0.2, 0.25) is 0 Å². The van der Waals surface area contributed by atoms with Gasteiger partial charge in [-0.2, -0.15) is 0 Å². The summed E-state index contributed by atoms with van der Waals surface area (Å²) in [6.07, 6.45) is 12.0. The number of benzene rings is 1. The van der Waals surface area contributed by atoms with Crippen molar-refractivity contribution in [2.24, 2.45) is 46.3 Å². The van der Waals surface area contributed by atoms with E-state index in [0.717, 1.165) is 49.0 Å². The fourth-order valence-corrected chi connectivity index (χ4v) is 11.1. The molecule has 0 aromatic heterocycles. The van der Waals surface area contributed by atoms with Gasteiger partial charge in [0, 0.05) is 20.1 Å². The molecule has 55 heavy (non-hydrogen) atoms. The maximum absolute atomic E-state index is 12.7. The Bertz CT molecular complexity index is 1330. The van der Waals surface area contributed by atoms with Gasteiger partial charge in [-0.25, -0.2) is 4.79 Å². The minimum absolute atomic E-state index is 0.0276. The van der Waals surface area contributed by atoms with E-state index in [-0.39, 0.29) is 43.8 Å². The summed E-state index contributed by atoms with van der Waals surface area (Å²) in [5, 5.41) is 2.74. The van der Waals surface area contributed by atoms with Crippen molar-refractivity contribution < 1.29 is 47.5 Å². The first-order chi connectivity index (χ1) is 26.6. The maximum Gasteiger partial charge on any atom is 0.332 e. The first-order valence-electron chi connectivity index (χ1n) is 21.1. The monoisotopic (exact) mass is 771 g/mol. The molecule has 9 atom stereocenters. The van der Waals surface area contributed by atoms with Gasteiger partial charge in [0.15, 0.2) is 0 Å². The highest BCUT2D eigenvalue weighted by Gasteiger charge is 2.60. The van der Waals surface area contributed by atoms with Crippen LogP contribution in [0.1, 0.15) is 97.0 Å². The molecule has 0 unspecified atom stereocenters. The molecule has 5 rings (SSSR count). The number of rotatable bonds is 23. The number of hydrogen-bond donors (Lipinski definition) is 1. The van der Waals surface area contributed by atoms with Gasteiger partial charge in [0.1, 0.15) is 25.9 Å². The van der Waals surface area contributed by atoms with Crippen LogP contribution < -0.4 is 5.32 Å². The Balaban J connectivity index is 0.942. The Morgan fingerprint density at radius 1 is 0.764 bits per heavy atom. The lowest BCUT2D eigenvalue weighted by Gasteiger charge is -2.61. The molecule has 4 fully saturated rings. The Labute approximate surface area is 329 Å². The third-order valence-electron chi connectivity index (χ3n) is 13.9. The molecule has 4 saturated carbocycles. The molecule has 11 heteroatoms. The first-order valence-corrected chi connectivity index (χ1v) is 21.1. The summed E-state index contributed by atoms with van der Waals surface area (Å²) in [5.41, 5.74) is 1.69. The normalized spacial score (nSPS) is 30.4. The highest BCUT2D eigenvalue weighted by molar-refractivity contribution is 5.77. The SMILES string of the molecule is COCCOCCOCC(=O)NCCOCCOCC(=O)O[C@H]1CC[C@@]2(C)[C@H](CC[C@@H]3[C@@H]2CC[C@]2(C)[C@@H]([C@H](C)CCC(=O)OCc4ccccc4)CC[C@@H]32)C1. The standard InChI is InChI=1S/C44H69NO10/c1-32(10-15-41(47)54-29-33-8-6-5-7-9-33)37-13-14-38-36-12-11-34-28-35(16-18-43(34,2)39(36)17-19-44(37,38)3)55-42(48)31-53-27-24-50-21-20-45-40(46)30-52-26-25-51-23-22-49-4/h5-9,32,34-39H,10-31H2,1-4H3,(H,45,46)/t32-,34-,35+,36+,37-,38+,39+,43+,44-/m1/s1. The Kier molecular flexibility index (Phi) is 17.3. The average Bonchev–Trinajstić information content (AvgIpc) is 3.54. The van der Waals surface area contributed by atoms with Crippen LogP contribution in [0.25, 0.3) is 0 Å². The van der Waals surface area contributed by atoms with Gasteiger partial charge in [0.2, 0.25) is 5.91 Å². The zero-order valence-electron chi connectivity index (χ0n) is 34.1. The topological polar surface area (TPSA) is 128 Å². The molecule has 0 bridgehead atoms. The summed E-state index contributed by atoms with van der Waals surface area (Å²) in [4.78, 5) is 37.2. The zero-order valence-corrected chi connectivity index (χ0v) is 34.1. The van der Waals surface area contributed by atoms with Crippen LogP contribution in [-0.4, -0.2) is 97.1 Å². The van der Waals surface area contributed by atoms with Crippen LogP contribution in [0.4, 0.5) is 0 Å². The van der Waals surface area contributed by atoms with Crippen molar-refractivity contribution in [3.63, 3.8) is 0 Å². The summed E-state index contributed by atoms with van der Waals surface area (Å²) >= 11 is 0. The van der Waals surface area contributed by atoms with Crippen LogP contribution in [-0.2, 0) is 54.1 Å². The van der Waals surface area contributed by atoms with Gasteiger partial charge in [0.25, 0.3) is 0 Å². The molecular weight excluding hydrogens is 702 g/mol. The molecule has 0 aliphatic heterocycles. The lowest BCUT2D eigenvalue weighted by atomic mass is 9.44. The zero-order chi connectivity index (χ0) is 39.1. The van der Waals surface area contributed by atoms with Gasteiger partial charge >= 0.3 is 11.9 Å². The fourth-order valence-electron chi connectivity index (χ4n) is 11.1. The molecule has 0 heterocycles. The van der Waals surface area contributed by atoms with Crippen molar-refractivity contribution in [3.05, 3.63) is 35.9 Å². The number of amides is 1. The van der Waals surface area contributed by atoms with E-state index >= 15 is 0 Å². The summed E-state index contributed by atoms with van der Waals surface area (Å²) < 4.78 is 38.1. The van der Waals surface area contributed by atoms with Crippen molar-refractivity contribution in [2.75, 3.05) is 73.1 Å². The third-order valence-corrected chi connectivity index (χ3v) is 13.9. The van der Waals surface area contributed by atoms with Gasteiger partial charge < -0.3 is 38.5 Å². The van der Waals surface area contributed by atoms with Crippen molar-refractivity contribution in [1.29, 1.82) is 0 Å². The molecular formula is C44H69NO10. The third kappa shape index (κ3) is 12.2. The van der Waals surface area contributed by atoms with Crippen molar-refractivity contribution in [2.45, 2.75) is 104 Å². The summed E-state index contributed by atoms with van der Waals surface area (Å²) in [7, 11) is 1.61. The molecule has 4 aliphatic rings. The smallest absolute Gasteiger partial charge is 0.332 e. The molecule has 0 radical (unpaired) electrons. The second-order valence-electron chi connectivity index (χ2n) is 17.1. The highest BCUT2D eigenvalue weighted by Crippen LogP contribution is 2.68. The second-order valence-corrected chi connectivity index (χ2v) is 17.1. The van der Waals surface area contributed by atoms with Crippen LogP contribution >= 0.6 is 0 Å². The van der Waals surface area contributed by atoms with Crippen molar-refractivity contribution >= 4 is 17.8 Å². The second kappa shape index (κ2) is 21.8. The van der Waals surface area contributed by atoms with Gasteiger partial charge in [-0.05, 0) is 116 Å². The number of nitrogens with one attached hydrogen (secondary N) is 1. The minimum Gasteiger partial charge on any atom is -0.461 e. The lowest BCUT2D eigenvalue weighted by molar-refractivity contribution is -0.167. The molecule has 310 valence electrons. The molecule has 1 N–H and O–H groups in total. The minimum atomic E-state index is -0.303. The lowest BCUT2D eigenvalue weighted by Crippen LogP contribution is -2.54. The molecule has 1 aromatic rings. The van der Waals surface area contributed by atoms with Crippen LogP contribution in [0, 0.1) is 46.3 Å². The number of fused-ring (bicyclic) bond motifs is 5. The van der Waals surface area contributed by atoms with E-state index in [1.807, 2.05) is 30.3 Å². The predicted molar refractivity (Wildman–Crippen MR) is 208 cm³/mol. The van der Waals surface area contributed by atoms with Gasteiger partial charge in [-0.1, -0.05) is 51.1 Å². The first kappa shape index (κ1) is 43.6. The Morgan fingerprint density at radius 3 is 2.24 bits per heavy atom. The van der Waals surface area contributed by atoms with Crippen molar-refractivity contribution in [1.82, 2.24) is 5.32 Å². The van der Waals surface area contributed by atoms with Gasteiger partial charge in [-0.15, -0.1) is 0 Å². The summed E-state index contributed by atoms with van der Waals surface area (Å²) in [6.45, 7) is 10.9. The Hall–Kier alpha value is -2.57. The number of esters is 2. The van der Waals surface area contributed by atoms with Crippen molar-refractivity contribution in [3.8, 4) is 0 Å². The van der Waals surface area contributed by atoms with E-state index < -0.39 is 0 Å². The maximum atomic E-state index is 12.7. The van der Waals surface area contributed by atoms with E-state index in [0.29, 0.717) is 87.8 Å². The summed E-state index contributed by atoms with van der Waals surface area (Å²) in [5.74, 6) is 3.44. The quantitative estimate of drug-likeness (QED) is 0.0968. The van der Waals surface area contributed by atoms with Crippen LogP contribution in [0.15, 0.2) is 30.3 Å². The molecule has 4 aliphatic carbocycles. The average molecular weight is 772 g/mol. The fraction of sp³-hybridized carbons (Fsp3) is 0.795. The van der Waals surface area contributed by atoms with E-state index in [4.69, 9.17) is 33.2 Å². The highest BCUT2D eigenvalue weighted by atomic mass is 16.6. The van der Waals surface area contributed by atoms with E-state index in [1.54, 1.807) is 7.11 Å². The molecule has 1 aromatic carbocycles. The largest absolute Gasteiger partial charge is 0.461 e. The van der Waals surface area contributed by atoms with Gasteiger partial charge in [-0.3, -0.25) is 9.59 Å². The van der Waals surface area contributed by atoms with Crippen LogP contribution in [0.5, 0.6) is 0 Å². The van der Waals surface area contributed by atoms with Crippen LogP contribution in [0.3, 0.4) is 0 Å². The molecule has 11 nitrogen and oxygen atoms in total. The molecule has 0 saturated heterocycles. The molecule has 1 amide bonds. The van der Waals surface area contributed by atoms with E-state index in [2.05, 4.69) is 26.1 Å².